The van der Waals surface area contributed by atoms with Crippen LogP contribution in [0, 0.1) is 0 Å². The first kappa shape index (κ1) is 14.0. The number of aliphatic imine (C=N–C) groups is 1. The highest BCUT2D eigenvalue weighted by Gasteiger charge is 2.21. The molecular weight excluding hydrogens is 268 g/mol. The fourth-order valence-corrected chi connectivity index (χ4v) is 2.34. The summed E-state index contributed by atoms with van der Waals surface area (Å²) in [6.45, 7) is 3.27. The predicted octanol–water partition coefficient (Wildman–Crippen LogP) is 0.847. The molecule has 6 nitrogen and oxygen atoms in total. The molecular formula is C12H16N2O4S. The average Bonchev–Trinajstić information content (AvgIpc) is 2.66. The van der Waals surface area contributed by atoms with Crippen LogP contribution in [0.3, 0.4) is 0 Å². The first-order valence-electron chi connectivity index (χ1n) is 5.98. The number of nitrogens with zero attached hydrogens (tertiary/aromatic N) is 2. The Kier molecular flexibility index (Phi) is 4.18. The van der Waals surface area contributed by atoms with Gasteiger partial charge in [-0.25, -0.2) is 0 Å². The lowest BCUT2D eigenvalue weighted by atomic mass is 10.0. The van der Waals surface area contributed by atoms with Crippen LogP contribution >= 0.6 is 0 Å². The first-order chi connectivity index (χ1) is 8.93. The number of hydrogen-bond acceptors (Lipinski definition) is 4. The maximum absolute atomic E-state index is 8.74. The van der Waals surface area contributed by atoms with Crippen molar-refractivity contribution < 1.29 is 17.5 Å². The number of rotatable bonds is 0. The van der Waals surface area contributed by atoms with Crippen molar-refractivity contribution in [1.82, 2.24) is 4.90 Å². The van der Waals surface area contributed by atoms with Crippen molar-refractivity contribution in [2.45, 2.75) is 12.8 Å². The van der Waals surface area contributed by atoms with Gasteiger partial charge in [0.1, 0.15) is 5.84 Å². The van der Waals surface area contributed by atoms with Gasteiger partial charge in [-0.2, -0.15) is 8.42 Å². The highest BCUT2D eigenvalue weighted by molar-refractivity contribution is 7.79. The lowest BCUT2D eigenvalue weighted by Gasteiger charge is -2.16. The third kappa shape index (κ3) is 4.30. The van der Waals surface area contributed by atoms with E-state index in [0.717, 1.165) is 26.1 Å². The van der Waals surface area contributed by atoms with Crippen LogP contribution in [-0.2, 0) is 23.2 Å². The van der Waals surface area contributed by atoms with Crippen LogP contribution in [0.15, 0.2) is 29.3 Å². The first-order valence-corrected chi connectivity index (χ1v) is 7.38. The molecule has 0 saturated heterocycles. The fraction of sp³-hybridized carbons (Fsp3) is 0.417. The molecule has 0 unspecified atom stereocenters. The highest BCUT2D eigenvalue weighted by Crippen LogP contribution is 2.18. The molecule has 1 aromatic rings. The average molecular weight is 284 g/mol. The number of benzene rings is 1. The molecule has 0 aliphatic carbocycles. The van der Waals surface area contributed by atoms with Gasteiger partial charge in [-0.1, -0.05) is 24.3 Å². The second kappa shape index (κ2) is 5.68. The molecule has 104 valence electrons. The van der Waals surface area contributed by atoms with Gasteiger partial charge in [0, 0.05) is 19.5 Å². The van der Waals surface area contributed by atoms with E-state index in [1.807, 2.05) is 0 Å². The summed E-state index contributed by atoms with van der Waals surface area (Å²) in [4.78, 5) is 6.99. The summed E-state index contributed by atoms with van der Waals surface area (Å²) < 4.78 is 31.6. The summed E-state index contributed by atoms with van der Waals surface area (Å²) in [5.41, 5.74) is 2.97. The lowest BCUT2D eigenvalue weighted by Crippen LogP contribution is -2.28. The van der Waals surface area contributed by atoms with E-state index in [-0.39, 0.29) is 0 Å². The Morgan fingerprint density at radius 2 is 1.74 bits per heavy atom. The SMILES string of the molecule is O=S(=O)(O)O.c1ccc2c(c1)CCN1CCN=C1C2. The van der Waals surface area contributed by atoms with Crippen molar-refractivity contribution >= 4 is 16.2 Å². The second-order valence-corrected chi connectivity index (χ2v) is 5.32. The van der Waals surface area contributed by atoms with E-state index in [1.165, 1.54) is 23.4 Å². The number of hydrogen-bond donors (Lipinski definition) is 2. The largest absolute Gasteiger partial charge is 0.394 e. The van der Waals surface area contributed by atoms with Gasteiger partial charge in [0.15, 0.2) is 0 Å². The molecule has 7 heteroatoms. The van der Waals surface area contributed by atoms with Crippen LogP contribution in [0.5, 0.6) is 0 Å². The Morgan fingerprint density at radius 1 is 1.11 bits per heavy atom. The van der Waals surface area contributed by atoms with E-state index in [1.54, 1.807) is 0 Å². The third-order valence-corrected chi connectivity index (χ3v) is 3.15. The van der Waals surface area contributed by atoms with Crippen LogP contribution in [0.25, 0.3) is 0 Å². The maximum Gasteiger partial charge on any atom is 0.394 e. The van der Waals surface area contributed by atoms with Crippen LogP contribution in [0.1, 0.15) is 11.1 Å². The van der Waals surface area contributed by atoms with E-state index in [4.69, 9.17) is 17.5 Å². The second-order valence-electron chi connectivity index (χ2n) is 4.43. The molecule has 0 bridgehead atoms. The molecule has 0 amide bonds. The van der Waals surface area contributed by atoms with Crippen molar-refractivity contribution in [2.75, 3.05) is 19.6 Å². The highest BCUT2D eigenvalue weighted by atomic mass is 32.3. The summed E-state index contributed by atoms with van der Waals surface area (Å²) in [5, 5.41) is 0. The molecule has 0 fully saturated rings. The summed E-state index contributed by atoms with van der Waals surface area (Å²) in [5.74, 6) is 1.30. The van der Waals surface area contributed by atoms with Crippen molar-refractivity contribution in [3.63, 3.8) is 0 Å². The number of amidine groups is 1. The van der Waals surface area contributed by atoms with Gasteiger partial charge in [-0.15, -0.1) is 0 Å². The Morgan fingerprint density at radius 3 is 2.42 bits per heavy atom. The third-order valence-electron chi connectivity index (χ3n) is 3.15. The van der Waals surface area contributed by atoms with Crippen LogP contribution in [0.4, 0.5) is 0 Å². The molecule has 2 heterocycles. The molecule has 0 saturated carbocycles. The van der Waals surface area contributed by atoms with Crippen molar-refractivity contribution in [3.05, 3.63) is 35.4 Å². The van der Waals surface area contributed by atoms with E-state index in [9.17, 15) is 0 Å². The summed E-state index contributed by atoms with van der Waals surface area (Å²) >= 11 is 0. The Labute approximate surface area is 112 Å². The number of fused-ring (bicyclic) bond motifs is 2. The van der Waals surface area contributed by atoms with Gasteiger partial charge in [-0.05, 0) is 17.5 Å². The standard InChI is InChI=1S/C12H14N2.H2O4S/c1-2-4-11-9-12-13-6-8-14(12)7-5-10(11)3-1;1-5(2,3)4/h1-4H,5-9H2;(H2,1,2,3,4). The van der Waals surface area contributed by atoms with Crippen molar-refractivity contribution in [1.29, 1.82) is 0 Å². The minimum atomic E-state index is -4.67. The summed E-state index contributed by atoms with van der Waals surface area (Å²) in [7, 11) is -4.67. The zero-order valence-electron chi connectivity index (χ0n) is 10.4. The maximum atomic E-state index is 8.74. The normalized spacial score (nSPS) is 17.6. The molecule has 2 aliphatic heterocycles. The summed E-state index contributed by atoms with van der Waals surface area (Å²) in [6.07, 6.45) is 2.21. The van der Waals surface area contributed by atoms with E-state index >= 15 is 0 Å². The predicted molar refractivity (Wildman–Crippen MR) is 71.9 cm³/mol. The minimum Gasteiger partial charge on any atom is -0.358 e. The van der Waals surface area contributed by atoms with Gasteiger partial charge in [0.05, 0.1) is 6.54 Å². The molecule has 0 spiro atoms. The molecule has 19 heavy (non-hydrogen) atoms. The van der Waals surface area contributed by atoms with E-state index in [0.29, 0.717) is 0 Å². The van der Waals surface area contributed by atoms with Gasteiger partial charge in [-0.3, -0.25) is 14.1 Å². The monoisotopic (exact) mass is 284 g/mol. The molecule has 3 rings (SSSR count). The van der Waals surface area contributed by atoms with E-state index < -0.39 is 10.4 Å². The van der Waals surface area contributed by atoms with Gasteiger partial charge >= 0.3 is 10.4 Å². The molecule has 0 atom stereocenters. The van der Waals surface area contributed by atoms with Gasteiger partial charge < -0.3 is 4.90 Å². The van der Waals surface area contributed by atoms with Crippen LogP contribution < -0.4 is 0 Å². The van der Waals surface area contributed by atoms with Gasteiger partial charge in [0.25, 0.3) is 0 Å². The van der Waals surface area contributed by atoms with Crippen molar-refractivity contribution in [3.8, 4) is 0 Å². The Hall–Kier alpha value is -1.44. The van der Waals surface area contributed by atoms with Gasteiger partial charge in [0.2, 0.25) is 0 Å². The molecule has 0 radical (unpaired) electrons. The minimum absolute atomic E-state index is 0.998. The van der Waals surface area contributed by atoms with Crippen molar-refractivity contribution in [2.24, 2.45) is 4.99 Å². The lowest BCUT2D eigenvalue weighted by molar-refractivity contribution is 0.381. The fourth-order valence-electron chi connectivity index (χ4n) is 2.34. The molecule has 0 aromatic heterocycles. The van der Waals surface area contributed by atoms with E-state index in [2.05, 4.69) is 34.2 Å². The molecule has 2 N–H and O–H groups in total. The summed E-state index contributed by atoms with van der Waals surface area (Å²) in [6, 6.07) is 8.75. The van der Waals surface area contributed by atoms with Crippen LogP contribution in [0.2, 0.25) is 0 Å². The molecule has 1 aromatic carbocycles. The Bertz CT molecular complexity index is 575. The topological polar surface area (TPSA) is 90.2 Å². The zero-order chi connectivity index (χ0) is 13.9. The zero-order valence-corrected chi connectivity index (χ0v) is 11.2. The van der Waals surface area contributed by atoms with Crippen LogP contribution in [-0.4, -0.2) is 47.9 Å². The Balaban J connectivity index is 0.000000232. The quantitative estimate of drug-likeness (QED) is 0.689. The smallest absolute Gasteiger partial charge is 0.358 e. The molecule has 2 aliphatic rings.